The fourth-order valence-electron chi connectivity index (χ4n) is 1.83. The van der Waals surface area contributed by atoms with Crippen LogP contribution in [0.3, 0.4) is 0 Å². The van der Waals surface area contributed by atoms with Gasteiger partial charge in [-0.05, 0) is 30.3 Å². The van der Waals surface area contributed by atoms with E-state index in [2.05, 4.69) is 41.7 Å². The molecule has 17 heavy (non-hydrogen) atoms. The van der Waals surface area contributed by atoms with Crippen LogP contribution in [0.4, 0.5) is 0 Å². The molecule has 0 amide bonds. The van der Waals surface area contributed by atoms with E-state index in [1.54, 1.807) is 0 Å². The second kappa shape index (κ2) is 6.65. The molecule has 3 heteroatoms. The van der Waals surface area contributed by atoms with Crippen LogP contribution in [0.25, 0.3) is 0 Å². The number of benzene rings is 2. The highest BCUT2D eigenvalue weighted by Crippen LogP contribution is 2.22. The minimum Gasteiger partial charge on any atom is -0.309 e. The summed E-state index contributed by atoms with van der Waals surface area (Å²) in [5.74, 6) is 0. The van der Waals surface area contributed by atoms with Crippen molar-refractivity contribution in [1.29, 1.82) is 0 Å². The molecule has 0 aromatic heterocycles. The first kappa shape index (κ1) is 14.0. The van der Waals surface area contributed by atoms with E-state index in [-0.39, 0.29) is 18.4 Å². The highest BCUT2D eigenvalue weighted by molar-refractivity contribution is 6.30. The highest BCUT2D eigenvalue weighted by Gasteiger charge is 2.10. The van der Waals surface area contributed by atoms with Gasteiger partial charge in [0.1, 0.15) is 0 Å². The fourth-order valence-corrected chi connectivity index (χ4v) is 1.95. The zero-order valence-corrected chi connectivity index (χ0v) is 11.1. The minimum atomic E-state index is 0. The molecule has 0 bridgehead atoms. The quantitative estimate of drug-likeness (QED) is 0.884. The third-order valence-electron chi connectivity index (χ3n) is 2.62. The number of hydrogen-bond acceptors (Lipinski definition) is 1. The van der Waals surface area contributed by atoms with Crippen molar-refractivity contribution in [2.75, 3.05) is 7.05 Å². The predicted octanol–water partition coefficient (Wildman–Crippen LogP) is 4.07. The molecule has 0 fully saturated rings. The summed E-state index contributed by atoms with van der Waals surface area (Å²) in [6.07, 6.45) is 0. The van der Waals surface area contributed by atoms with Gasteiger partial charge in [0.25, 0.3) is 0 Å². The summed E-state index contributed by atoms with van der Waals surface area (Å²) < 4.78 is 0. The van der Waals surface area contributed by atoms with Crippen molar-refractivity contribution in [2.45, 2.75) is 6.04 Å². The summed E-state index contributed by atoms with van der Waals surface area (Å²) in [5.41, 5.74) is 2.48. The monoisotopic (exact) mass is 267 g/mol. The van der Waals surface area contributed by atoms with Gasteiger partial charge in [-0.15, -0.1) is 12.4 Å². The van der Waals surface area contributed by atoms with Crippen LogP contribution < -0.4 is 5.32 Å². The predicted molar refractivity (Wildman–Crippen MR) is 76.0 cm³/mol. The van der Waals surface area contributed by atoms with Gasteiger partial charge in [0, 0.05) is 5.02 Å². The third kappa shape index (κ3) is 3.47. The van der Waals surface area contributed by atoms with Crippen molar-refractivity contribution in [2.24, 2.45) is 0 Å². The summed E-state index contributed by atoms with van der Waals surface area (Å²) in [6, 6.07) is 18.5. The maximum Gasteiger partial charge on any atom is 0.0574 e. The Labute approximate surface area is 113 Å². The molecular formula is C14H15Cl2N. The Morgan fingerprint density at radius 1 is 0.882 bits per heavy atom. The Balaban J connectivity index is 0.00000144. The molecule has 2 rings (SSSR count). The topological polar surface area (TPSA) is 12.0 Å². The van der Waals surface area contributed by atoms with Gasteiger partial charge in [-0.3, -0.25) is 0 Å². The van der Waals surface area contributed by atoms with Crippen molar-refractivity contribution in [3.8, 4) is 0 Å². The van der Waals surface area contributed by atoms with Gasteiger partial charge in [-0.2, -0.15) is 0 Å². The van der Waals surface area contributed by atoms with E-state index in [1.807, 2.05) is 25.2 Å². The second-order valence-corrected chi connectivity index (χ2v) is 4.12. The van der Waals surface area contributed by atoms with Crippen molar-refractivity contribution in [3.63, 3.8) is 0 Å². The van der Waals surface area contributed by atoms with Crippen LogP contribution in [0, 0.1) is 0 Å². The molecule has 0 radical (unpaired) electrons. The fraction of sp³-hybridized carbons (Fsp3) is 0.143. The smallest absolute Gasteiger partial charge is 0.0574 e. The van der Waals surface area contributed by atoms with Crippen LogP contribution in [-0.4, -0.2) is 7.05 Å². The maximum absolute atomic E-state index is 5.89. The molecule has 0 spiro atoms. The molecule has 0 saturated heterocycles. The first-order chi connectivity index (χ1) is 7.81. The lowest BCUT2D eigenvalue weighted by atomic mass is 9.99. The molecular weight excluding hydrogens is 253 g/mol. The first-order valence-electron chi connectivity index (χ1n) is 5.29. The van der Waals surface area contributed by atoms with Crippen LogP contribution in [0.15, 0.2) is 54.6 Å². The van der Waals surface area contributed by atoms with Crippen molar-refractivity contribution < 1.29 is 0 Å². The highest BCUT2D eigenvalue weighted by atomic mass is 35.5. The molecule has 1 atom stereocenters. The molecule has 0 saturated carbocycles. The van der Waals surface area contributed by atoms with Gasteiger partial charge in [-0.1, -0.05) is 54.1 Å². The van der Waals surface area contributed by atoms with Crippen molar-refractivity contribution in [1.82, 2.24) is 5.32 Å². The van der Waals surface area contributed by atoms with Crippen LogP contribution in [0.5, 0.6) is 0 Å². The van der Waals surface area contributed by atoms with Gasteiger partial charge in [0.2, 0.25) is 0 Å². The maximum atomic E-state index is 5.89. The number of hydrogen-bond donors (Lipinski definition) is 1. The third-order valence-corrected chi connectivity index (χ3v) is 2.88. The molecule has 0 aliphatic rings. The molecule has 0 aliphatic carbocycles. The van der Waals surface area contributed by atoms with Gasteiger partial charge in [0.15, 0.2) is 0 Å². The lowest BCUT2D eigenvalue weighted by Crippen LogP contribution is -2.17. The Bertz CT molecular complexity index is 440. The van der Waals surface area contributed by atoms with Crippen molar-refractivity contribution >= 4 is 24.0 Å². The second-order valence-electron chi connectivity index (χ2n) is 3.68. The van der Waals surface area contributed by atoms with Gasteiger partial charge < -0.3 is 5.32 Å². The summed E-state index contributed by atoms with van der Waals surface area (Å²) in [7, 11) is 1.96. The number of nitrogens with one attached hydrogen (secondary N) is 1. The van der Waals surface area contributed by atoms with Crippen LogP contribution in [0.1, 0.15) is 17.2 Å². The zero-order chi connectivity index (χ0) is 11.4. The first-order valence-corrected chi connectivity index (χ1v) is 5.67. The Kier molecular flexibility index (Phi) is 5.49. The molecule has 0 aliphatic heterocycles. The van der Waals surface area contributed by atoms with E-state index in [0.717, 1.165) is 5.02 Å². The molecule has 90 valence electrons. The zero-order valence-electron chi connectivity index (χ0n) is 9.56. The summed E-state index contributed by atoms with van der Waals surface area (Å²) in [6.45, 7) is 0. The van der Waals surface area contributed by atoms with Crippen LogP contribution in [-0.2, 0) is 0 Å². The SMILES string of the molecule is CNC(c1ccccc1)c1ccc(Cl)cc1.Cl. The van der Waals surface area contributed by atoms with Gasteiger partial charge in [0.05, 0.1) is 6.04 Å². The average Bonchev–Trinajstić information content (AvgIpc) is 2.34. The summed E-state index contributed by atoms with van der Waals surface area (Å²) in [5, 5.41) is 4.08. The van der Waals surface area contributed by atoms with E-state index < -0.39 is 0 Å². The van der Waals surface area contributed by atoms with E-state index in [4.69, 9.17) is 11.6 Å². The Hall–Kier alpha value is -1.02. The molecule has 1 nitrogen and oxygen atoms in total. The molecule has 1 unspecified atom stereocenters. The summed E-state index contributed by atoms with van der Waals surface area (Å²) >= 11 is 5.89. The van der Waals surface area contributed by atoms with Crippen LogP contribution in [0.2, 0.25) is 5.02 Å². The van der Waals surface area contributed by atoms with E-state index in [1.165, 1.54) is 11.1 Å². The Morgan fingerprint density at radius 3 is 1.94 bits per heavy atom. The lowest BCUT2D eigenvalue weighted by Gasteiger charge is -2.17. The normalized spacial score (nSPS) is 11.6. The van der Waals surface area contributed by atoms with Crippen LogP contribution >= 0.6 is 24.0 Å². The lowest BCUT2D eigenvalue weighted by molar-refractivity contribution is 0.692. The molecule has 2 aromatic rings. The summed E-state index contributed by atoms with van der Waals surface area (Å²) in [4.78, 5) is 0. The minimum absolute atomic E-state index is 0. The number of rotatable bonds is 3. The van der Waals surface area contributed by atoms with Crippen molar-refractivity contribution in [3.05, 3.63) is 70.7 Å². The van der Waals surface area contributed by atoms with E-state index in [9.17, 15) is 0 Å². The van der Waals surface area contributed by atoms with E-state index >= 15 is 0 Å². The molecule has 0 heterocycles. The molecule has 1 N–H and O–H groups in total. The van der Waals surface area contributed by atoms with E-state index in [0.29, 0.717) is 0 Å². The van der Waals surface area contributed by atoms with Gasteiger partial charge in [-0.25, -0.2) is 0 Å². The standard InChI is InChI=1S/C14H14ClN.ClH/c1-16-14(11-5-3-2-4-6-11)12-7-9-13(15)10-8-12;/h2-10,14,16H,1H3;1H. The van der Waals surface area contributed by atoms with Gasteiger partial charge >= 0.3 is 0 Å². The average molecular weight is 268 g/mol. The molecule has 2 aromatic carbocycles. The Morgan fingerprint density at radius 2 is 1.41 bits per heavy atom. The largest absolute Gasteiger partial charge is 0.309 e. The number of halogens is 2.